The minimum atomic E-state index is -0.554. The highest BCUT2D eigenvalue weighted by atomic mass is 16.6. The Balaban J connectivity index is 1.77. The number of pyridine rings is 1. The van der Waals surface area contributed by atoms with Crippen molar-refractivity contribution in [2.75, 3.05) is 32.7 Å². The normalized spacial score (nSPS) is 21.3. The fourth-order valence-electron chi connectivity index (χ4n) is 3.41. The molecule has 0 bridgehead atoms. The zero-order chi connectivity index (χ0) is 18.0. The molecule has 1 N–H and O–H groups in total. The third-order valence-corrected chi connectivity index (χ3v) is 4.76. The van der Waals surface area contributed by atoms with Crippen LogP contribution in [-0.4, -0.2) is 70.3 Å². The standard InChI is InChI=1S/C16H21N5O4/c1-11-14(7-13(8-18-11)21(24)25)16(23)19-5-2-3-12(10-19)20-6-4-17-9-15(20)22/h7-8,12,17H,2-6,9-10H2,1H3. The average Bonchev–Trinajstić information content (AvgIpc) is 2.62. The molecule has 9 heteroatoms. The molecule has 0 saturated carbocycles. The van der Waals surface area contributed by atoms with Gasteiger partial charge in [-0.15, -0.1) is 0 Å². The highest BCUT2D eigenvalue weighted by molar-refractivity contribution is 5.96. The number of rotatable bonds is 3. The Morgan fingerprint density at radius 1 is 1.44 bits per heavy atom. The average molecular weight is 347 g/mol. The number of piperidine rings is 1. The van der Waals surface area contributed by atoms with Crippen molar-refractivity contribution < 1.29 is 14.5 Å². The van der Waals surface area contributed by atoms with Crippen molar-refractivity contribution in [3.8, 4) is 0 Å². The predicted molar refractivity (Wildman–Crippen MR) is 89.1 cm³/mol. The van der Waals surface area contributed by atoms with Crippen molar-refractivity contribution >= 4 is 17.5 Å². The number of nitrogens with one attached hydrogen (secondary N) is 1. The van der Waals surface area contributed by atoms with Crippen LogP contribution in [0.2, 0.25) is 0 Å². The summed E-state index contributed by atoms with van der Waals surface area (Å²) in [6.45, 7) is 4.42. The van der Waals surface area contributed by atoms with E-state index >= 15 is 0 Å². The van der Waals surface area contributed by atoms with Gasteiger partial charge in [-0.25, -0.2) is 0 Å². The number of aryl methyl sites for hydroxylation is 1. The van der Waals surface area contributed by atoms with Gasteiger partial charge in [0, 0.05) is 38.3 Å². The molecule has 9 nitrogen and oxygen atoms in total. The summed E-state index contributed by atoms with van der Waals surface area (Å²) >= 11 is 0. The molecule has 1 aromatic heterocycles. The van der Waals surface area contributed by atoms with E-state index in [1.54, 1.807) is 11.8 Å². The molecule has 134 valence electrons. The Morgan fingerprint density at radius 2 is 2.24 bits per heavy atom. The van der Waals surface area contributed by atoms with Crippen LogP contribution in [0.25, 0.3) is 0 Å². The maximum atomic E-state index is 12.9. The first-order valence-corrected chi connectivity index (χ1v) is 8.38. The number of amides is 2. The minimum absolute atomic E-state index is 0.000682. The lowest BCUT2D eigenvalue weighted by Gasteiger charge is -2.41. The quantitative estimate of drug-likeness (QED) is 0.624. The van der Waals surface area contributed by atoms with Crippen molar-refractivity contribution in [3.63, 3.8) is 0 Å². The van der Waals surface area contributed by atoms with E-state index in [1.165, 1.54) is 6.07 Å². The van der Waals surface area contributed by atoms with Crippen molar-refractivity contribution in [3.05, 3.63) is 33.6 Å². The van der Waals surface area contributed by atoms with Crippen molar-refractivity contribution in [2.45, 2.75) is 25.8 Å². The van der Waals surface area contributed by atoms with Gasteiger partial charge in [0.2, 0.25) is 5.91 Å². The number of carbonyl (C=O) groups excluding carboxylic acids is 2. The lowest BCUT2D eigenvalue weighted by molar-refractivity contribution is -0.385. The number of piperazine rings is 1. The van der Waals surface area contributed by atoms with Crippen LogP contribution < -0.4 is 5.32 Å². The lowest BCUT2D eigenvalue weighted by atomic mass is 10.0. The number of nitrogens with zero attached hydrogens (tertiary/aromatic N) is 4. The highest BCUT2D eigenvalue weighted by Crippen LogP contribution is 2.21. The number of carbonyl (C=O) groups is 2. The monoisotopic (exact) mass is 347 g/mol. The van der Waals surface area contributed by atoms with Gasteiger partial charge >= 0.3 is 0 Å². The topological polar surface area (TPSA) is 109 Å². The van der Waals surface area contributed by atoms with Gasteiger partial charge in [-0.3, -0.25) is 24.7 Å². The van der Waals surface area contributed by atoms with E-state index in [4.69, 9.17) is 0 Å². The molecular weight excluding hydrogens is 326 g/mol. The predicted octanol–water partition coefficient (Wildman–Crippen LogP) is 0.335. The van der Waals surface area contributed by atoms with Crippen molar-refractivity contribution in [1.29, 1.82) is 0 Å². The molecule has 2 aliphatic heterocycles. The van der Waals surface area contributed by atoms with Crippen molar-refractivity contribution in [1.82, 2.24) is 20.1 Å². The van der Waals surface area contributed by atoms with Crippen LogP contribution in [0.5, 0.6) is 0 Å². The molecule has 1 unspecified atom stereocenters. The summed E-state index contributed by atoms with van der Waals surface area (Å²) in [7, 11) is 0. The van der Waals surface area contributed by atoms with Crippen LogP contribution in [0.3, 0.4) is 0 Å². The second kappa shape index (κ2) is 7.14. The van der Waals surface area contributed by atoms with Gasteiger partial charge in [0.05, 0.1) is 22.7 Å². The lowest BCUT2D eigenvalue weighted by Crippen LogP contribution is -2.57. The first-order valence-electron chi connectivity index (χ1n) is 8.38. The van der Waals surface area contributed by atoms with Crippen LogP contribution in [0, 0.1) is 17.0 Å². The van der Waals surface area contributed by atoms with E-state index < -0.39 is 4.92 Å². The maximum Gasteiger partial charge on any atom is 0.288 e. The number of nitro groups is 1. The molecule has 2 fully saturated rings. The minimum Gasteiger partial charge on any atom is -0.337 e. The van der Waals surface area contributed by atoms with Crippen LogP contribution >= 0.6 is 0 Å². The van der Waals surface area contributed by atoms with E-state index in [0.717, 1.165) is 25.6 Å². The zero-order valence-corrected chi connectivity index (χ0v) is 14.1. The summed E-state index contributed by atoms with van der Waals surface area (Å²) in [4.78, 5) is 42.8. The van der Waals surface area contributed by atoms with Gasteiger partial charge < -0.3 is 15.1 Å². The molecule has 1 aromatic rings. The van der Waals surface area contributed by atoms with Gasteiger partial charge in [-0.05, 0) is 19.8 Å². The maximum absolute atomic E-state index is 12.9. The number of aromatic nitrogens is 1. The van der Waals surface area contributed by atoms with E-state index in [-0.39, 0.29) is 29.1 Å². The Hall–Kier alpha value is -2.55. The van der Waals surface area contributed by atoms with Crippen molar-refractivity contribution in [2.24, 2.45) is 0 Å². The molecule has 1 atom stereocenters. The second-order valence-electron chi connectivity index (χ2n) is 6.39. The van der Waals surface area contributed by atoms with Crippen LogP contribution in [0.15, 0.2) is 12.3 Å². The molecule has 3 heterocycles. The molecule has 3 rings (SSSR count). The summed E-state index contributed by atoms with van der Waals surface area (Å²) in [5, 5.41) is 14.0. The summed E-state index contributed by atoms with van der Waals surface area (Å²) in [6.07, 6.45) is 2.82. The fraction of sp³-hybridized carbons (Fsp3) is 0.562. The fourth-order valence-corrected chi connectivity index (χ4v) is 3.41. The molecule has 2 aliphatic rings. The first kappa shape index (κ1) is 17.3. The summed E-state index contributed by atoms with van der Waals surface area (Å²) in [6, 6.07) is 1.28. The van der Waals surface area contributed by atoms with Gasteiger partial charge in [0.1, 0.15) is 6.20 Å². The molecule has 0 aromatic carbocycles. The van der Waals surface area contributed by atoms with Crippen LogP contribution in [0.4, 0.5) is 5.69 Å². The van der Waals surface area contributed by atoms with Crippen LogP contribution in [-0.2, 0) is 4.79 Å². The Morgan fingerprint density at radius 3 is 2.96 bits per heavy atom. The van der Waals surface area contributed by atoms with Gasteiger partial charge in [0.25, 0.3) is 11.6 Å². The Bertz CT molecular complexity index is 708. The molecule has 2 saturated heterocycles. The summed E-state index contributed by atoms with van der Waals surface area (Å²) in [5.74, 6) is -0.209. The van der Waals surface area contributed by atoms with Crippen LogP contribution in [0.1, 0.15) is 28.9 Å². The second-order valence-corrected chi connectivity index (χ2v) is 6.39. The molecule has 0 spiro atoms. The van der Waals surface area contributed by atoms with E-state index in [1.807, 2.05) is 4.90 Å². The van der Waals surface area contributed by atoms with E-state index in [2.05, 4.69) is 10.3 Å². The van der Waals surface area contributed by atoms with Gasteiger partial charge in [0.15, 0.2) is 0 Å². The number of hydrogen-bond donors (Lipinski definition) is 1. The van der Waals surface area contributed by atoms with Gasteiger partial charge in [-0.1, -0.05) is 0 Å². The third kappa shape index (κ3) is 3.60. The largest absolute Gasteiger partial charge is 0.337 e. The molecule has 0 aliphatic carbocycles. The van der Waals surface area contributed by atoms with E-state index in [0.29, 0.717) is 31.9 Å². The summed E-state index contributed by atoms with van der Waals surface area (Å²) in [5.41, 5.74) is 0.525. The first-order chi connectivity index (χ1) is 12.0. The van der Waals surface area contributed by atoms with Gasteiger partial charge in [-0.2, -0.15) is 0 Å². The highest BCUT2D eigenvalue weighted by Gasteiger charge is 2.32. The number of hydrogen-bond acceptors (Lipinski definition) is 6. The van der Waals surface area contributed by atoms with E-state index in [9.17, 15) is 19.7 Å². The smallest absolute Gasteiger partial charge is 0.288 e. The molecule has 25 heavy (non-hydrogen) atoms. The number of likely N-dealkylation sites (tertiary alicyclic amines) is 1. The SMILES string of the molecule is Cc1ncc([N+](=O)[O-])cc1C(=O)N1CCCC(N2CCNCC2=O)C1. The molecular formula is C16H21N5O4. The third-order valence-electron chi connectivity index (χ3n) is 4.76. The molecule has 0 radical (unpaired) electrons. The zero-order valence-electron chi connectivity index (χ0n) is 14.1. The summed E-state index contributed by atoms with van der Waals surface area (Å²) < 4.78 is 0. The Labute approximate surface area is 145 Å². The molecule has 2 amide bonds. The Kier molecular flexibility index (Phi) is 4.93.